The summed E-state index contributed by atoms with van der Waals surface area (Å²) in [4.78, 5) is 4.09. The molecule has 0 aliphatic carbocycles. The molecule has 2 rings (SSSR count). The Balaban J connectivity index is 1.93. The van der Waals surface area contributed by atoms with E-state index >= 15 is 0 Å². The van der Waals surface area contributed by atoms with E-state index in [2.05, 4.69) is 15.6 Å². The molecule has 1 aromatic heterocycles. The Hall–Kier alpha value is -1.92. The highest BCUT2D eigenvalue weighted by atomic mass is 35.5. The average Bonchev–Trinajstić information content (AvgIpc) is 2.78. The van der Waals surface area contributed by atoms with Crippen LogP contribution in [0.1, 0.15) is 11.3 Å². The van der Waals surface area contributed by atoms with Gasteiger partial charge in [-0.05, 0) is 23.8 Å². The van der Waals surface area contributed by atoms with Crippen LogP contribution in [0.15, 0.2) is 29.3 Å². The molecule has 0 saturated carbocycles. The molecule has 0 radical (unpaired) electrons. The van der Waals surface area contributed by atoms with Crippen molar-refractivity contribution in [1.29, 1.82) is 0 Å². The fourth-order valence-corrected chi connectivity index (χ4v) is 2.42. The van der Waals surface area contributed by atoms with Crippen LogP contribution in [-0.4, -0.2) is 22.7 Å². The van der Waals surface area contributed by atoms with Gasteiger partial charge < -0.3 is 20.3 Å². The fraction of sp³-hybridized carbons (Fsp3) is 0.267. The maximum Gasteiger partial charge on any atom is 0.191 e. The topological polar surface area (TPSA) is 61.6 Å². The van der Waals surface area contributed by atoms with Crippen molar-refractivity contribution in [2.45, 2.75) is 13.1 Å². The first-order valence-corrected chi connectivity index (χ1v) is 7.59. The summed E-state index contributed by atoms with van der Waals surface area (Å²) in [5, 5.41) is 16.3. The number of rotatable bonds is 4. The van der Waals surface area contributed by atoms with E-state index in [1.807, 2.05) is 7.05 Å². The zero-order chi connectivity index (χ0) is 17.0. The maximum atomic E-state index is 13.3. The quantitative estimate of drug-likeness (QED) is 0.581. The number of nitrogens with one attached hydrogen (secondary N) is 2. The number of hydrogen-bond donors (Lipinski definition) is 3. The Labute approximate surface area is 143 Å². The lowest BCUT2D eigenvalue weighted by Crippen LogP contribution is -2.36. The van der Waals surface area contributed by atoms with Gasteiger partial charge in [0.15, 0.2) is 17.5 Å². The molecule has 1 heterocycles. The van der Waals surface area contributed by atoms with Crippen molar-refractivity contribution in [3.8, 4) is 5.75 Å². The van der Waals surface area contributed by atoms with Gasteiger partial charge in [0.1, 0.15) is 5.15 Å². The van der Waals surface area contributed by atoms with E-state index in [4.69, 9.17) is 23.2 Å². The summed E-state index contributed by atoms with van der Waals surface area (Å²) in [5.74, 6) is -0.471. The van der Waals surface area contributed by atoms with Crippen LogP contribution in [0.2, 0.25) is 10.2 Å². The number of aromatic hydroxyl groups is 1. The van der Waals surface area contributed by atoms with Gasteiger partial charge in [-0.3, -0.25) is 4.99 Å². The lowest BCUT2D eigenvalue weighted by atomic mass is 10.2. The largest absolute Gasteiger partial charge is 0.505 e. The summed E-state index contributed by atoms with van der Waals surface area (Å²) in [5.41, 5.74) is 1.59. The number of guanidine groups is 1. The van der Waals surface area contributed by atoms with Gasteiger partial charge in [0, 0.05) is 26.3 Å². The van der Waals surface area contributed by atoms with Crippen molar-refractivity contribution in [3.63, 3.8) is 0 Å². The molecular weight excluding hydrogens is 342 g/mol. The smallest absolute Gasteiger partial charge is 0.191 e. The molecule has 1 aromatic carbocycles. The predicted octanol–water partition coefficient (Wildman–Crippen LogP) is 3.04. The summed E-state index contributed by atoms with van der Waals surface area (Å²) in [7, 11) is 3.46. The summed E-state index contributed by atoms with van der Waals surface area (Å²) in [6, 6.07) is 6.00. The van der Waals surface area contributed by atoms with E-state index in [1.165, 1.54) is 12.1 Å². The molecular formula is C15H17Cl2FN4O. The molecule has 0 atom stereocenters. The molecule has 0 saturated heterocycles. The number of nitrogens with zero attached hydrogens (tertiary/aromatic N) is 2. The van der Waals surface area contributed by atoms with Crippen molar-refractivity contribution >= 4 is 29.2 Å². The lowest BCUT2D eigenvalue weighted by Gasteiger charge is -2.12. The van der Waals surface area contributed by atoms with E-state index in [9.17, 15) is 9.50 Å². The standard InChI is InChI=1S/C15H17Cl2FN4O/c1-19-15(20-7-9-3-4-13(23)12(18)5-9)21-8-10-6-11(16)14(17)22(10)2/h3-6,23H,7-8H2,1-2H3,(H2,19,20,21). The van der Waals surface area contributed by atoms with Crippen molar-refractivity contribution in [2.75, 3.05) is 7.05 Å². The third kappa shape index (κ3) is 4.30. The van der Waals surface area contributed by atoms with Crippen LogP contribution >= 0.6 is 23.2 Å². The molecule has 23 heavy (non-hydrogen) atoms. The van der Waals surface area contributed by atoms with Crippen molar-refractivity contribution < 1.29 is 9.50 Å². The normalized spacial score (nSPS) is 11.6. The fourth-order valence-electron chi connectivity index (χ4n) is 2.00. The van der Waals surface area contributed by atoms with Crippen molar-refractivity contribution in [1.82, 2.24) is 15.2 Å². The highest BCUT2D eigenvalue weighted by molar-refractivity contribution is 6.41. The monoisotopic (exact) mass is 358 g/mol. The maximum absolute atomic E-state index is 13.3. The third-order valence-electron chi connectivity index (χ3n) is 3.35. The summed E-state index contributed by atoms with van der Waals surface area (Å²) >= 11 is 12.0. The van der Waals surface area contributed by atoms with Crippen molar-refractivity contribution in [2.24, 2.45) is 12.0 Å². The Kier molecular flexibility index (Phi) is 5.74. The van der Waals surface area contributed by atoms with Gasteiger partial charge >= 0.3 is 0 Å². The van der Waals surface area contributed by atoms with Crippen molar-refractivity contribution in [3.05, 3.63) is 51.5 Å². The zero-order valence-electron chi connectivity index (χ0n) is 12.7. The number of phenols is 1. The average molecular weight is 359 g/mol. The van der Waals surface area contributed by atoms with Gasteiger partial charge in [-0.2, -0.15) is 0 Å². The molecule has 124 valence electrons. The third-order valence-corrected chi connectivity index (χ3v) is 4.19. The molecule has 0 aliphatic rings. The highest BCUT2D eigenvalue weighted by Crippen LogP contribution is 2.24. The van der Waals surface area contributed by atoms with Gasteiger partial charge in [0.05, 0.1) is 11.6 Å². The molecule has 3 N–H and O–H groups in total. The number of halogens is 3. The molecule has 5 nitrogen and oxygen atoms in total. The minimum absolute atomic E-state index is 0.367. The highest BCUT2D eigenvalue weighted by Gasteiger charge is 2.09. The second kappa shape index (κ2) is 7.57. The lowest BCUT2D eigenvalue weighted by molar-refractivity contribution is 0.431. The molecule has 8 heteroatoms. The van der Waals surface area contributed by atoms with E-state index in [0.717, 1.165) is 5.69 Å². The number of aromatic nitrogens is 1. The number of phenolic OH excluding ortho intramolecular Hbond substituents is 1. The van der Waals surface area contributed by atoms with Crippen LogP contribution in [0, 0.1) is 5.82 Å². The number of benzene rings is 1. The Morgan fingerprint density at radius 3 is 2.52 bits per heavy atom. The second-order valence-electron chi connectivity index (χ2n) is 4.90. The molecule has 0 bridgehead atoms. The van der Waals surface area contributed by atoms with E-state index in [-0.39, 0.29) is 5.75 Å². The number of hydrogen-bond acceptors (Lipinski definition) is 2. The number of aliphatic imine (C=N–C) groups is 1. The first-order chi connectivity index (χ1) is 10.9. The SMILES string of the molecule is CN=C(NCc1ccc(O)c(F)c1)NCc1cc(Cl)c(Cl)n1C. The van der Waals surface area contributed by atoms with Gasteiger partial charge in [0.25, 0.3) is 0 Å². The molecule has 0 spiro atoms. The zero-order valence-corrected chi connectivity index (χ0v) is 14.2. The first kappa shape index (κ1) is 17.4. The molecule has 0 aliphatic heterocycles. The van der Waals surface area contributed by atoms with E-state index in [0.29, 0.717) is 34.8 Å². The molecule has 0 amide bonds. The second-order valence-corrected chi connectivity index (χ2v) is 5.66. The van der Waals surface area contributed by atoms with Crippen LogP contribution in [0.25, 0.3) is 0 Å². The molecule has 2 aromatic rings. The van der Waals surface area contributed by atoms with E-state index in [1.54, 1.807) is 23.7 Å². The molecule has 0 unspecified atom stereocenters. The van der Waals surface area contributed by atoms with Gasteiger partial charge in [-0.15, -0.1) is 0 Å². The summed E-state index contributed by atoms with van der Waals surface area (Å²) in [6.45, 7) is 0.845. The minimum atomic E-state index is -0.652. The van der Waals surface area contributed by atoms with Crippen LogP contribution in [0.4, 0.5) is 4.39 Å². The first-order valence-electron chi connectivity index (χ1n) is 6.84. The summed E-state index contributed by atoms with van der Waals surface area (Å²) in [6.07, 6.45) is 0. The Morgan fingerprint density at radius 2 is 1.96 bits per heavy atom. The predicted molar refractivity (Wildman–Crippen MR) is 90.5 cm³/mol. The van der Waals surface area contributed by atoms with Crippen LogP contribution in [0.5, 0.6) is 5.75 Å². The molecule has 0 fully saturated rings. The van der Waals surface area contributed by atoms with E-state index < -0.39 is 5.82 Å². The van der Waals surface area contributed by atoms with Gasteiger partial charge in [0.2, 0.25) is 0 Å². The van der Waals surface area contributed by atoms with Crippen LogP contribution in [0.3, 0.4) is 0 Å². The van der Waals surface area contributed by atoms with Gasteiger partial charge in [-0.25, -0.2) is 4.39 Å². The Morgan fingerprint density at radius 1 is 1.26 bits per heavy atom. The summed E-state index contributed by atoms with van der Waals surface area (Å²) < 4.78 is 15.1. The van der Waals surface area contributed by atoms with Crippen LogP contribution < -0.4 is 10.6 Å². The minimum Gasteiger partial charge on any atom is -0.505 e. The van der Waals surface area contributed by atoms with Gasteiger partial charge in [-0.1, -0.05) is 29.3 Å². The van der Waals surface area contributed by atoms with Crippen LogP contribution in [-0.2, 0) is 20.1 Å². The Bertz CT molecular complexity index is 731.